The predicted octanol–water partition coefficient (Wildman–Crippen LogP) is 3.79. The summed E-state index contributed by atoms with van der Waals surface area (Å²) >= 11 is 0. The van der Waals surface area contributed by atoms with Gasteiger partial charge in [-0.3, -0.25) is 0 Å². The summed E-state index contributed by atoms with van der Waals surface area (Å²) in [5.74, 6) is -0.545. The molecule has 2 aromatic heterocycles. The first-order valence-corrected chi connectivity index (χ1v) is 9.17. The van der Waals surface area contributed by atoms with Crippen molar-refractivity contribution in [2.24, 2.45) is 4.99 Å². The molecule has 0 saturated heterocycles. The van der Waals surface area contributed by atoms with E-state index in [4.69, 9.17) is 0 Å². The first-order chi connectivity index (χ1) is 13.9. The number of aromatic nitrogens is 2. The number of guanidine groups is 1. The van der Waals surface area contributed by atoms with Gasteiger partial charge in [-0.05, 0) is 36.8 Å². The van der Waals surface area contributed by atoms with E-state index < -0.39 is 17.6 Å². The highest BCUT2D eigenvalue weighted by atomic mass is 19.4. The molecule has 2 N–H and O–H groups in total. The summed E-state index contributed by atoms with van der Waals surface area (Å²) in [4.78, 5) is 8.71. The normalized spacial score (nSPS) is 12.4. The highest BCUT2D eigenvalue weighted by Crippen LogP contribution is 2.32. The van der Waals surface area contributed by atoms with E-state index in [1.165, 1.54) is 0 Å². The van der Waals surface area contributed by atoms with Crippen molar-refractivity contribution in [3.05, 3.63) is 71.4 Å². The van der Waals surface area contributed by atoms with Gasteiger partial charge in [-0.25, -0.2) is 14.4 Å². The van der Waals surface area contributed by atoms with E-state index in [1.54, 1.807) is 0 Å². The first-order valence-electron chi connectivity index (χ1n) is 9.17. The average molecular weight is 407 g/mol. The van der Waals surface area contributed by atoms with Crippen LogP contribution in [0.1, 0.15) is 23.7 Å². The standard InChI is InChI=1S/C20H21F4N5/c1-2-25-19(26-9-8-16-13-29-10-4-3-5-18(29)28-16)27-12-14-6-7-15(21)11-17(14)20(22,23)24/h3-7,10-11,13H,2,8-9,12H2,1H3,(H2,25,26,27). The monoisotopic (exact) mass is 407 g/mol. The minimum atomic E-state index is -4.64. The Morgan fingerprint density at radius 2 is 2.00 bits per heavy atom. The molecule has 154 valence electrons. The van der Waals surface area contributed by atoms with Gasteiger partial charge in [0.15, 0.2) is 5.96 Å². The van der Waals surface area contributed by atoms with Gasteiger partial charge in [-0.15, -0.1) is 0 Å². The SMILES string of the molecule is CCNC(=NCc1ccc(F)cc1C(F)(F)F)NCCc1cn2ccccc2n1. The number of halogens is 4. The van der Waals surface area contributed by atoms with Crippen LogP contribution in [-0.4, -0.2) is 28.4 Å². The summed E-state index contributed by atoms with van der Waals surface area (Å²) in [6.45, 7) is 2.69. The second-order valence-electron chi connectivity index (χ2n) is 6.37. The minimum absolute atomic E-state index is 0.0866. The van der Waals surface area contributed by atoms with Crippen molar-refractivity contribution in [2.75, 3.05) is 13.1 Å². The average Bonchev–Trinajstić information content (AvgIpc) is 3.09. The Bertz CT molecular complexity index is 961. The molecule has 3 aromatic rings. The lowest BCUT2D eigenvalue weighted by atomic mass is 10.1. The smallest absolute Gasteiger partial charge is 0.357 e. The van der Waals surface area contributed by atoms with Gasteiger partial charge in [0.05, 0.1) is 17.8 Å². The summed E-state index contributed by atoms with van der Waals surface area (Å²) in [5.41, 5.74) is 0.634. The molecule has 1 aromatic carbocycles. The Labute approximate surface area is 165 Å². The Hall–Kier alpha value is -3.10. The molecular weight excluding hydrogens is 386 g/mol. The molecule has 29 heavy (non-hydrogen) atoms. The number of nitrogens with zero attached hydrogens (tertiary/aromatic N) is 3. The number of aliphatic imine (C=N–C) groups is 1. The molecule has 0 saturated carbocycles. The molecule has 2 heterocycles. The first kappa shape index (κ1) is 20.6. The zero-order valence-electron chi connectivity index (χ0n) is 15.8. The van der Waals surface area contributed by atoms with Crippen molar-refractivity contribution in [3.63, 3.8) is 0 Å². The molecule has 0 aliphatic carbocycles. The molecule has 5 nitrogen and oxygen atoms in total. The van der Waals surface area contributed by atoms with Crippen LogP contribution in [0.5, 0.6) is 0 Å². The number of rotatable bonds is 6. The fraction of sp³-hybridized carbons (Fsp3) is 0.300. The van der Waals surface area contributed by atoms with E-state index >= 15 is 0 Å². The molecule has 0 amide bonds. The van der Waals surface area contributed by atoms with E-state index in [1.807, 2.05) is 41.9 Å². The van der Waals surface area contributed by atoms with Crippen molar-refractivity contribution in [2.45, 2.75) is 26.1 Å². The number of hydrogen-bond acceptors (Lipinski definition) is 2. The molecule has 9 heteroatoms. The van der Waals surface area contributed by atoms with Crippen molar-refractivity contribution < 1.29 is 17.6 Å². The molecule has 0 unspecified atom stereocenters. The minimum Gasteiger partial charge on any atom is -0.357 e. The third-order valence-corrected chi connectivity index (χ3v) is 4.22. The highest BCUT2D eigenvalue weighted by molar-refractivity contribution is 5.79. The van der Waals surface area contributed by atoms with Crippen LogP contribution in [0.15, 0.2) is 53.8 Å². The van der Waals surface area contributed by atoms with Crippen LogP contribution in [0.3, 0.4) is 0 Å². The van der Waals surface area contributed by atoms with E-state index in [9.17, 15) is 17.6 Å². The number of hydrogen-bond donors (Lipinski definition) is 2. The zero-order chi connectivity index (χ0) is 20.9. The third kappa shape index (κ3) is 5.46. The summed E-state index contributed by atoms with van der Waals surface area (Å²) < 4.78 is 54.5. The Morgan fingerprint density at radius 1 is 1.17 bits per heavy atom. The lowest BCUT2D eigenvalue weighted by Crippen LogP contribution is -2.38. The second kappa shape index (κ2) is 8.93. The fourth-order valence-corrected chi connectivity index (χ4v) is 2.87. The quantitative estimate of drug-likeness (QED) is 0.371. The van der Waals surface area contributed by atoms with E-state index in [0.29, 0.717) is 31.5 Å². The summed E-state index contributed by atoms with van der Waals surface area (Å²) in [5, 5.41) is 6.08. The number of fused-ring (bicyclic) bond motifs is 1. The van der Waals surface area contributed by atoms with Crippen LogP contribution in [0.4, 0.5) is 17.6 Å². The van der Waals surface area contributed by atoms with Crippen LogP contribution in [0.2, 0.25) is 0 Å². The van der Waals surface area contributed by atoms with E-state index in [-0.39, 0.29) is 12.1 Å². The molecule has 0 spiro atoms. The molecule has 3 rings (SSSR count). The molecule has 0 fully saturated rings. The van der Waals surface area contributed by atoms with Crippen molar-refractivity contribution in [1.29, 1.82) is 0 Å². The molecule has 0 bridgehead atoms. The molecule has 0 radical (unpaired) electrons. The van der Waals surface area contributed by atoms with Gasteiger partial charge in [0.2, 0.25) is 0 Å². The maximum absolute atomic E-state index is 13.2. The molecular formula is C20H21F4N5. The Balaban J connectivity index is 1.65. The maximum atomic E-state index is 13.2. The van der Waals surface area contributed by atoms with Gasteiger partial charge >= 0.3 is 6.18 Å². The van der Waals surface area contributed by atoms with Gasteiger partial charge in [-0.1, -0.05) is 12.1 Å². The predicted molar refractivity (Wildman–Crippen MR) is 103 cm³/mol. The van der Waals surface area contributed by atoms with Crippen molar-refractivity contribution in [3.8, 4) is 0 Å². The number of benzene rings is 1. The Morgan fingerprint density at radius 3 is 2.72 bits per heavy atom. The molecule has 0 aliphatic heterocycles. The summed E-state index contributed by atoms with van der Waals surface area (Å²) in [6.07, 6.45) is -0.181. The number of pyridine rings is 1. The lowest BCUT2D eigenvalue weighted by molar-refractivity contribution is -0.138. The van der Waals surface area contributed by atoms with Gasteiger partial charge in [-0.2, -0.15) is 13.2 Å². The van der Waals surface area contributed by atoms with Crippen LogP contribution in [-0.2, 0) is 19.1 Å². The van der Waals surface area contributed by atoms with Crippen molar-refractivity contribution >= 4 is 11.6 Å². The Kier molecular flexibility index (Phi) is 6.36. The third-order valence-electron chi connectivity index (χ3n) is 4.22. The fourth-order valence-electron chi connectivity index (χ4n) is 2.87. The van der Waals surface area contributed by atoms with E-state index in [0.717, 1.165) is 23.5 Å². The van der Waals surface area contributed by atoms with Gasteiger partial charge in [0, 0.05) is 31.9 Å². The van der Waals surface area contributed by atoms with Crippen LogP contribution >= 0.6 is 0 Å². The molecule has 0 aliphatic rings. The van der Waals surface area contributed by atoms with E-state index in [2.05, 4.69) is 20.6 Å². The number of alkyl halides is 3. The maximum Gasteiger partial charge on any atom is 0.416 e. The summed E-state index contributed by atoms with van der Waals surface area (Å²) in [7, 11) is 0. The number of nitrogens with one attached hydrogen (secondary N) is 2. The summed E-state index contributed by atoms with van der Waals surface area (Å²) in [6, 6.07) is 8.34. The molecule has 0 atom stereocenters. The van der Waals surface area contributed by atoms with Gasteiger partial charge in [0.1, 0.15) is 11.5 Å². The second-order valence-corrected chi connectivity index (χ2v) is 6.37. The van der Waals surface area contributed by atoms with Crippen molar-refractivity contribution in [1.82, 2.24) is 20.0 Å². The van der Waals surface area contributed by atoms with Crippen LogP contribution < -0.4 is 10.6 Å². The van der Waals surface area contributed by atoms with Gasteiger partial charge < -0.3 is 15.0 Å². The van der Waals surface area contributed by atoms with Crippen LogP contribution in [0, 0.1) is 5.82 Å². The highest BCUT2D eigenvalue weighted by Gasteiger charge is 2.33. The topological polar surface area (TPSA) is 53.7 Å². The number of imidazole rings is 1. The van der Waals surface area contributed by atoms with Crippen LogP contribution in [0.25, 0.3) is 5.65 Å². The van der Waals surface area contributed by atoms with Gasteiger partial charge in [0.25, 0.3) is 0 Å². The lowest BCUT2D eigenvalue weighted by Gasteiger charge is -2.13. The zero-order valence-corrected chi connectivity index (χ0v) is 15.8. The largest absolute Gasteiger partial charge is 0.416 e.